The predicted octanol–water partition coefficient (Wildman–Crippen LogP) is 3.00. The molecule has 0 saturated carbocycles. The van der Waals surface area contributed by atoms with Crippen molar-refractivity contribution in [1.82, 2.24) is 10.6 Å². The minimum atomic E-state index is -1.19. The normalized spacial score (nSPS) is 12.8. The molecular formula is C20H30N2O4. The van der Waals surface area contributed by atoms with Crippen LogP contribution in [-0.2, 0) is 20.7 Å². The van der Waals surface area contributed by atoms with Crippen LogP contribution in [-0.4, -0.2) is 35.5 Å². The molecule has 1 aromatic rings. The number of aryl methyl sites for hydroxylation is 1. The van der Waals surface area contributed by atoms with Crippen molar-refractivity contribution in [2.75, 3.05) is 0 Å². The topological polar surface area (TPSA) is 84.5 Å². The minimum absolute atomic E-state index is 0.430. The summed E-state index contributed by atoms with van der Waals surface area (Å²) >= 11 is 0. The standard InChI is InChI=1S/C20H30N2O4/c1-19(2,3)26-18(25)22-20(4,5)17(24)21-16(14-23)13-9-12-15-10-7-6-8-11-15/h6-8,10-11,14,16H,9,12-13H2,1-5H3,(H,21,24)(H,22,25). The number of benzene rings is 1. The Morgan fingerprint density at radius 2 is 1.73 bits per heavy atom. The summed E-state index contributed by atoms with van der Waals surface area (Å²) in [6.07, 6.45) is 2.19. The van der Waals surface area contributed by atoms with Gasteiger partial charge in [0.2, 0.25) is 5.91 Å². The number of carbonyl (C=O) groups is 3. The van der Waals surface area contributed by atoms with Crippen LogP contribution in [0.25, 0.3) is 0 Å². The van der Waals surface area contributed by atoms with Crippen LogP contribution < -0.4 is 10.6 Å². The van der Waals surface area contributed by atoms with Gasteiger partial charge in [-0.3, -0.25) is 4.79 Å². The van der Waals surface area contributed by atoms with Crippen molar-refractivity contribution in [3.05, 3.63) is 35.9 Å². The number of nitrogens with one attached hydrogen (secondary N) is 2. The van der Waals surface area contributed by atoms with Crippen molar-refractivity contribution in [1.29, 1.82) is 0 Å². The van der Waals surface area contributed by atoms with Crippen LogP contribution in [0.5, 0.6) is 0 Å². The number of rotatable bonds is 8. The Bertz CT molecular complexity index is 606. The lowest BCUT2D eigenvalue weighted by molar-refractivity contribution is -0.128. The molecule has 0 aromatic heterocycles. The van der Waals surface area contributed by atoms with Crippen LogP contribution in [0.3, 0.4) is 0 Å². The quantitative estimate of drug-likeness (QED) is 0.696. The zero-order valence-corrected chi connectivity index (χ0v) is 16.3. The molecule has 0 spiro atoms. The molecule has 1 aromatic carbocycles. The second-order valence-corrected chi connectivity index (χ2v) is 7.85. The van der Waals surface area contributed by atoms with Gasteiger partial charge in [0.15, 0.2) is 0 Å². The Morgan fingerprint density at radius 1 is 1.12 bits per heavy atom. The Hall–Kier alpha value is -2.37. The Labute approximate surface area is 155 Å². The molecule has 1 rings (SSSR count). The van der Waals surface area contributed by atoms with E-state index < -0.39 is 29.2 Å². The van der Waals surface area contributed by atoms with E-state index in [0.717, 1.165) is 19.1 Å². The van der Waals surface area contributed by atoms with Crippen molar-refractivity contribution < 1.29 is 19.1 Å². The number of carbonyl (C=O) groups excluding carboxylic acids is 3. The monoisotopic (exact) mass is 362 g/mol. The maximum atomic E-state index is 12.4. The predicted molar refractivity (Wildman–Crippen MR) is 101 cm³/mol. The van der Waals surface area contributed by atoms with Gasteiger partial charge in [-0.1, -0.05) is 30.3 Å². The zero-order chi connectivity index (χ0) is 19.8. The summed E-state index contributed by atoms with van der Waals surface area (Å²) in [5.74, 6) is -0.430. The Morgan fingerprint density at radius 3 is 2.27 bits per heavy atom. The number of alkyl carbamates (subject to hydrolysis) is 1. The van der Waals surface area contributed by atoms with Crippen LogP contribution >= 0.6 is 0 Å². The highest BCUT2D eigenvalue weighted by atomic mass is 16.6. The summed E-state index contributed by atoms with van der Waals surface area (Å²) in [5.41, 5.74) is -0.655. The maximum absolute atomic E-state index is 12.4. The summed E-state index contributed by atoms with van der Waals surface area (Å²) in [7, 11) is 0. The molecule has 2 amide bonds. The second kappa shape index (κ2) is 9.36. The fourth-order valence-corrected chi connectivity index (χ4v) is 2.31. The van der Waals surface area contributed by atoms with E-state index >= 15 is 0 Å². The number of hydrogen-bond acceptors (Lipinski definition) is 4. The van der Waals surface area contributed by atoms with Crippen molar-refractivity contribution in [3.63, 3.8) is 0 Å². The van der Waals surface area contributed by atoms with Gasteiger partial charge in [0, 0.05) is 0 Å². The van der Waals surface area contributed by atoms with Crippen LogP contribution in [0, 0.1) is 0 Å². The van der Waals surface area contributed by atoms with E-state index in [0.29, 0.717) is 6.42 Å². The Balaban J connectivity index is 2.50. The van der Waals surface area contributed by atoms with Gasteiger partial charge in [0.05, 0.1) is 6.04 Å². The van der Waals surface area contributed by atoms with Crippen molar-refractivity contribution in [2.45, 2.75) is 71.1 Å². The van der Waals surface area contributed by atoms with Crippen LogP contribution in [0.1, 0.15) is 53.0 Å². The number of aldehydes is 1. The summed E-state index contributed by atoms with van der Waals surface area (Å²) in [5, 5.41) is 5.22. The van der Waals surface area contributed by atoms with E-state index in [2.05, 4.69) is 10.6 Å². The lowest BCUT2D eigenvalue weighted by atomic mass is 10.0. The highest BCUT2D eigenvalue weighted by molar-refractivity contribution is 5.90. The molecule has 0 aliphatic rings. The first-order valence-corrected chi connectivity index (χ1v) is 8.85. The van der Waals surface area contributed by atoms with Crippen molar-refractivity contribution in [2.24, 2.45) is 0 Å². The van der Waals surface area contributed by atoms with Gasteiger partial charge in [-0.2, -0.15) is 0 Å². The second-order valence-electron chi connectivity index (χ2n) is 7.85. The third kappa shape index (κ3) is 8.14. The zero-order valence-electron chi connectivity index (χ0n) is 16.3. The van der Waals surface area contributed by atoms with Gasteiger partial charge in [0.25, 0.3) is 0 Å². The number of ether oxygens (including phenoxy) is 1. The summed E-state index contributed by atoms with van der Waals surface area (Å²) in [6, 6.07) is 9.37. The highest BCUT2D eigenvalue weighted by Gasteiger charge is 2.32. The molecule has 0 fully saturated rings. The van der Waals surface area contributed by atoms with E-state index in [4.69, 9.17) is 4.74 Å². The molecular weight excluding hydrogens is 332 g/mol. The van der Waals surface area contributed by atoms with Gasteiger partial charge in [0.1, 0.15) is 17.4 Å². The molecule has 0 bridgehead atoms. The van der Waals surface area contributed by atoms with Gasteiger partial charge in [-0.05, 0) is 59.4 Å². The fourth-order valence-electron chi connectivity index (χ4n) is 2.31. The molecule has 0 aliphatic heterocycles. The smallest absolute Gasteiger partial charge is 0.408 e. The van der Waals surface area contributed by atoms with Crippen LogP contribution in [0.15, 0.2) is 30.3 Å². The molecule has 1 atom stereocenters. The highest BCUT2D eigenvalue weighted by Crippen LogP contribution is 2.11. The van der Waals surface area contributed by atoms with Gasteiger partial charge in [-0.15, -0.1) is 0 Å². The molecule has 0 aliphatic carbocycles. The molecule has 6 heteroatoms. The van der Waals surface area contributed by atoms with E-state index in [1.54, 1.807) is 34.6 Å². The lowest BCUT2D eigenvalue weighted by Crippen LogP contribution is -2.57. The van der Waals surface area contributed by atoms with Crippen molar-refractivity contribution in [3.8, 4) is 0 Å². The average molecular weight is 362 g/mol. The molecule has 26 heavy (non-hydrogen) atoms. The SMILES string of the molecule is CC(C)(C)OC(=O)NC(C)(C)C(=O)NC(C=O)CCCc1ccccc1. The minimum Gasteiger partial charge on any atom is -0.444 e. The molecule has 1 unspecified atom stereocenters. The van der Waals surface area contributed by atoms with Gasteiger partial charge >= 0.3 is 6.09 Å². The average Bonchev–Trinajstić information content (AvgIpc) is 2.52. The maximum Gasteiger partial charge on any atom is 0.408 e. The molecule has 6 nitrogen and oxygen atoms in total. The number of amides is 2. The molecule has 2 N–H and O–H groups in total. The van der Waals surface area contributed by atoms with E-state index in [1.165, 1.54) is 5.56 Å². The van der Waals surface area contributed by atoms with Crippen molar-refractivity contribution >= 4 is 18.3 Å². The first-order valence-electron chi connectivity index (χ1n) is 8.85. The molecule has 0 radical (unpaired) electrons. The van der Waals surface area contributed by atoms with E-state index in [9.17, 15) is 14.4 Å². The third-order valence-electron chi connectivity index (χ3n) is 3.69. The summed E-state index contributed by atoms with van der Waals surface area (Å²) in [4.78, 5) is 35.6. The van der Waals surface area contributed by atoms with Gasteiger partial charge < -0.3 is 20.2 Å². The molecule has 0 heterocycles. The van der Waals surface area contributed by atoms with Crippen LogP contribution in [0.4, 0.5) is 4.79 Å². The largest absolute Gasteiger partial charge is 0.444 e. The van der Waals surface area contributed by atoms with E-state index in [1.807, 2.05) is 30.3 Å². The summed E-state index contributed by atoms with van der Waals surface area (Å²) < 4.78 is 5.17. The fraction of sp³-hybridized carbons (Fsp3) is 0.550. The first kappa shape index (κ1) is 21.7. The van der Waals surface area contributed by atoms with Crippen LogP contribution in [0.2, 0.25) is 0 Å². The number of hydrogen-bond donors (Lipinski definition) is 2. The molecule has 0 saturated heterocycles. The van der Waals surface area contributed by atoms with E-state index in [-0.39, 0.29) is 0 Å². The summed E-state index contributed by atoms with van der Waals surface area (Å²) in [6.45, 7) is 8.37. The molecule has 144 valence electrons. The third-order valence-corrected chi connectivity index (χ3v) is 3.69. The lowest BCUT2D eigenvalue weighted by Gasteiger charge is -2.28. The Kier molecular flexibility index (Phi) is 7.80. The first-order chi connectivity index (χ1) is 12.0. The van der Waals surface area contributed by atoms with Gasteiger partial charge in [-0.25, -0.2) is 4.79 Å².